The fourth-order valence-corrected chi connectivity index (χ4v) is 3.64. The first-order valence-electron chi connectivity index (χ1n) is 6.51. The van der Waals surface area contributed by atoms with Crippen LogP contribution in [0.1, 0.15) is 11.1 Å². The lowest BCUT2D eigenvalue weighted by Crippen LogP contribution is -2.20. The molecule has 0 spiro atoms. The summed E-state index contributed by atoms with van der Waals surface area (Å²) >= 11 is 12.9. The number of halogens is 3. The normalized spacial score (nSPS) is 10.4. The Bertz CT molecular complexity index is 696. The third kappa shape index (κ3) is 4.48. The van der Waals surface area contributed by atoms with E-state index in [0.29, 0.717) is 16.5 Å². The van der Waals surface area contributed by atoms with Crippen LogP contribution in [0.15, 0.2) is 39.3 Å². The van der Waals surface area contributed by atoms with Crippen LogP contribution >= 0.6 is 43.5 Å². The SMILES string of the molecule is Cc1cc(Br)c(NC(=O)COc2cc(C)ccc2Cl)c(Br)c1. The van der Waals surface area contributed by atoms with Crippen LogP contribution < -0.4 is 10.1 Å². The molecule has 1 N–H and O–H groups in total. The summed E-state index contributed by atoms with van der Waals surface area (Å²) in [5.41, 5.74) is 2.78. The third-order valence-corrected chi connectivity index (χ3v) is 4.46. The van der Waals surface area contributed by atoms with E-state index < -0.39 is 0 Å². The van der Waals surface area contributed by atoms with Crippen LogP contribution in [0.25, 0.3) is 0 Å². The van der Waals surface area contributed by atoms with Crippen LogP contribution in [0.3, 0.4) is 0 Å². The molecular weight excluding hydrogens is 433 g/mol. The lowest BCUT2D eigenvalue weighted by atomic mass is 10.2. The smallest absolute Gasteiger partial charge is 0.262 e. The number of carbonyl (C=O) groups excluding carboxylic acids is 1. The molecule has 0 radical (unpaired) electrons. The maximum atomic E-state index is 12.1. The maximum absolute atomic E-state index is 12.1. The van der Waals surface area contributed by atoms with E-state index >= 15 is 0 Å². The van der Waals surface area contributed by atoms with Crippen molar-refractivity contribution < 1.29 is 9.53 Å². The number of ether oxygens (including phenoxy) is 1. The Morgan fingerprint density at radius 1 is 1.14 bits per heavy atom. The second-order valence-electron chi connectivity index (χ2n) is 4.87. The van der Waals surface area contributed by atoms with Gasteiger partial charge in [-0.15, -0.1) is 0 Å². The summed E-state index contributed by atoms with van der Waals surface area (Å²) in [6, 6.07) is 9.29. The van der Waals surface area contributed by atoms with E-state index in [0.717, 1.165) is 20.1 Å². The first-order chi connectivity index (χ1) is 10.4. The van der Waals surface area contributed by atoms with E-state index in [-0.39, 0.29) is 12.5 Å². The highest BCUT2D eigenvalue weighted by atomic mass is 79.9. The monoisotopic (exact) mass is 445 g/mol. The highest BCUT2D eigenvalue weighted by Crippen LogP contribution is 2.32. The van der Waals surface area contributed by atoms with E-state index in [1.807, 2.05) is 32.0 Å². The van der Waals surface area contributed by atoms with Crippen molar-refractivity contribution in [3.05, 3.63) is 55.4 Å². The molecule has 0 bridgehead atoms. The van der Waals surface area contributed by atoms with Crippen LogP contribution in [0.2, 0.25) is 5.02 Å². The highest BCUT2D eigenvalue weighted by Gasteiger charge is 2.11. The Morgan fingerprint density at radius 2 is 1.77 bits per heavy atom. The van der Waals surface area contributed by atoms with Gasteiger partial charge >= 0.3 is 0 Å². The van der Waals surface area contributed by atoms with Crippen molar-refractivity contribution in [1.82, 2.24) is 0 Å². The summed E-state index contributed by atoms with van der Waals surface area (Å²) in [5, 5.41) is 3.29. The number of amides is 1. The van der Waals surface area contributed by atoms with Gasteiger partial charge in [0.05, 0.1) is 10.7 Å². The van der Waals surface area contributed by atoms with Crippen molar-refractivity contribution in [1.29, 1.82) is 0 Å². The zero-order chi connectivity index (χ0) is 16.3. The van der Waals surface area contributed by atoms with Crippen molar-refractivity contribution in [2.45, 2.75) is 13.8 Å². The average molecular weight is 448 g/mol. The van der Waals surface area contributed by atoms with Gasteiger partial charge in [-0.1, -0.05) is 17.7 Å². The summed E-state index contributed by atoms with van der Waals surface area (Å²) in [6.45, 7) is 3.80. The standard InChI is InChI=1S/C16H14Br2ClNO2/c1-9-3-4-13(19)14(7-9)22-8-15(21)20-16-11(17)5-10(2)6-12(16)18/h3-7H,8H2,1-2H3,(H,20,21). The summed E-state index contributed by atoms with van der Waals surface area (Å²) in [4.78, 5) is 12.1. The minimum Gasteiger partial charge on any atom is -0.482 e. The molecule has 0 aliphatic carbocycles. The van der Waals surface area contributed by atoms with Gasteiger partial charge in [-0.2, -0.15) is 0 Å². The van der Waals surface area contributed by atoms with Gasteiger partial charge in [-0.3, -0.25) is 4.79 Å². The van der Waals surface area contributed by atoms with Gasteiger partial charge < -0.3 is 10.1 Å². The summed E-state index contributed by atoms with van der Waals surface area (Å²) in [5.74, 6) is 0.238. The quantitative estimate of drug-likeness (QED) is 0.672. The highest BCUT2D eigenvalue weighted by molar-refractivity contribution is 9.11. The molecule has 0 aromatic heterocycles. The molecule has 3 nitrogen and oxygen atoms in total. The molecule has 0 aliphatic heterocycles. The number of rotatable bonds is 4. The van der Waals surface area contributed by atoms with Crippen LogP contribution in [0.4, 0.5) is 5.69 Å². The molecule has 0 atom stereocenters. The fraction of sp³-hybridized carbons (Fsp3) is 0.188. The van der Waals surface area contributed by atoms with Crippen LogP contribution in [0.5, 0.6) is 5.75 Å². The van der Waals surface area contributed by atoms with Crippen LogP contribution in [-0.2, 0) is 4.79 Å². The molecule has 2 aromatic carbocycles. The minimum absolute atomic E-state index is 0.115. The minimum atomic E-state index is -0.261. The van der Waals surface area contributed by atoms with Gasteiger partial charge in [0.2, 0.25) is 0 Å². The first-order valence-corrected chi connectivity index (χ1v) is 8.47. The number of benzene rings is 2. The Morgan fingerprint density at radius 3 is 2.41 bits per heavy atom. The van der Waals surface area contributed by atoms with Crippen molar-refractivity contribution >= 4 is 55.1 Å². The maximum Gasteiger partial charge on any atom is 0.262 e. The van der Waals surface area contributed by atoms with Crippen molar-refractivity contribution in [2.24, 2.45) is 0 Å². The Hall–Kier alpha value is -1.04. The number of carbonyl (C=O) groups is 1. The van der Waals surface area contributed by atoms with E-state index in [9.17, 15) is 4.79 Å². The number of anilines is 1. The Balaban J connectivity index is 2.03. The molecule has 22 heavy (non-hydrogen) atoms. The molecule has 1 amide bonds. The van der Waals surface area contributed by atoms with Gasteiger partial charge in [0.25, 0.3) is 5.91 Å². The molecule has 0 heterocycles. The molecule has 0 aliphatic rings. The van der Waals surface area contributed by atoms with Gasteiger partial charge in [-0.25, -0.2) is 0 Å². The second-order valence-corrected chi connectivity index (χ2v) is 6.99. The predicted molar refractivity (Wildman–Crippen MR) is 96.9 cm³/mol. The predicted octanol–water partition coefficient (Wildman–Crippen LogP) is 5.50. The molecule has 0 fully saturated rings. The Kier molecular flexibility index (Phi) is 5.89. The fourth-order valence-electron chi connectivity index (χ4n) is 1.86. The van der Waals surface area contributed by atoms with Gasteiger partial charge in [0.15, 0.2) is 6.61 Å². The van der Waals surface area contributed by atoms with E-state index in [1.165, 1.54) is 0 Å². The zero-order valence-corrected chi connectivity index (χ0v) is 16.0. The molecule has 2 rings (SSSR count). The molecule has 2 aromatic rings. The van der Waals surface area contributed by atoms with Crippen molar-refractivity contribution in [3.63, 3.8) is 0 Å². The van der Waals surface area contributed by atoms with Gasteiger partial charge in [-0.05, 0) is 81.1 Å². The average Bonchev–Trinajstić information content (AvgIpc) is 2.44. The van der Waals surface area contributed by atoms with Crippen molar-refractivity contribution in [2.75, 3.05) is 11.9 Å². The third-order valence-electron chi connectivity index (χ3n) is 2.90. The molecule has 0 saturated carbocycles. The molecule has 0 unspecified atom stereocenters. The molecular formula is C16H14Br2ClNO2. The zero-order valence-electron chi connectivity index (χ0n) is 12.0. The number of hydrogen-bond donors (Lipinski definition) is 1. The molecule has 6 heteroatoms. The largest absolute Gasteiger partial charge is 0.482 e. The van der Waals surface area contributed by atoms with E-state index in [4.69, 9.17) is 16.3 Å². The summed E-state index contributed by atoms with van der Waals surface area (Å²) < 4.78 is 7.09. The lowest BCUT2D eigenvalue weighted by molar-refractivity contribution is -0.118. The van der Waals surface area contributed by atoms with Gasteiger partial charge in [0.1, 0.15) is 5.75 Å². The summed E-state index contributed by atoms with van der Waals surface area (Å²) in [6.07, 6.45) is 0. The molecule has 0 saturated heterocycles. The second kappa shape index (κ2) is 7.49. The topological polar surface area (TPSA) is 38.3 Å². The Labute approximate surface area is 151 Å². The summed E-state index contributed by atoms with van der Waals surface area (Å²) in [7, 11) is 0. The van der Waals surface area contributed by atoms with Gasteiger partial charge in [0, 0.05) is 8.95 Å². The number of hydrogen-bond acceptors (Lipinski definition) is 2. The van der Waals surface area contributed by atoms with Crippen LogP contribution in [0, 0.1) is 13.8 Å². The van der Waals surface area contributed by atoms with E-state index in [1.54, 1.807) is 12.1 Å². The van der Waals surface area contributed by atoms with E-state index in [2.05, 4.69) is 37.2 Å². The molecule has 116 valence electrons. The number of aryl methyl sites for hydroxylation is 2. The number of nitrogens with one attached hydrogen (secondary N) is 1. The first kappa shape index (κ1) is 17.3. The van der Waals surface area contributed by atoms with Crippen LogP contribution in [-0.4, -0.2) is 12.5 Å². The lowest BCUT2D eigenvalue weighted by Gasteiger charge is -2.12. The van der Waals surface area contributed by atoms with Crippen molar-refractivity contribution in [3.8, 4) is 5.75 Å².